The van der Waals surface area contributed by atoms with Gasteiger partial charge in [0.1, 0.15) is 0 Å². The second kappa shape index (κ2) is 4.94. The topological polar surface area (TPSA) is 26.3 Å². The van der Waals surface area contributed by atoms with E-state index in [1.165, 1.54) is 13.8 Å². The molecule has 0 rings (SSSR count). The maximum Gasteiger partial charge on any atom is 0.330 e. The SMILES string of the molecule is C=CC(=O)OCCC(C)(C)C(F)F. The molecule has 4 heteroatoms. The molecular formula is C9H14F2O2. The Morgan fingerprint density at radius 3 is 2.54 bits per heavy atom. The minimum Gasteiger partial charge on any atom is -0.463 e. The lowest BCUT2D eigenvalue weighted by Gasteiger charge is -2.22. The van der Waals surface area contributed by atoms with Crippen LogP contribution in [0, 0.1) is 5.41 Å². The molecule has 0 radical (unpaired) electrons. The molecule has 0 saturated heterocycles. The summed E-state index contributed by atoms with van der Waals surface area (Å²) in [7, 11) is 0. The molecule has 0 heterocycles. The number of alkyl halides is 2. The van der Waals surface area contributed by atoms with Crippen LogP contribution in [-0.4, -0.2) is 19.0 Å². The first-order valence-corrected chi connectivity index (χ1v) is 3.97. The lowest BCUT2D eigenvalue weighted by atomic mass is 9.90. The Morgan fingerprint density at radius 1 is 1.62 bits per heavy atom. The molecule has 0 bridgehead atoms. The van der Waals surface area contributed by atoms with Gasteiger partial charge in [-0.1, -0.05) is 20.4 Å². The summed E-state index contributed by atoms with van der Waals surface area (Å²) in [6.45, 7) is 6.05. The van der Waals surface area contributed by atoms with E-state index < -0.39 is 17.8 Å². The van der Waals surface area contributed by atoms with Crippen LogP contribution in [0.5, 0.6) is 0 Å². The van der Waals surface area contributed by atoms with Crippen LogP contribution < -0.4 is 0 Å². The number of carbonyl (C=O) groups is 1. The molecular weight excluding hydrogens is 178 g/mol. The van der Waals surface area contributed by atoms with Gasteiger partial charge in [0.2, 0.25) is 6.43 Å². The first-order chi connectivity index (χ1) is 5.90. The van der Waals surface area contributed by atoms with E-state index in [-0.39, 0.29) is 13.0 Å². The van der Waals surface area contributed by atoms with Gasteiger partial charge in [-0.05, 0) is 6.42 Å². The second-order valence-corrected chi connectivity index (χ2v) is 3.41. The summed E-state index contributed by atoms with van der Waals surface area (Å²) in [6, 6.07) is 0. The predicted molar refractivity (Wildman–Crippen MR) is 45.6 cm³/mol. The van der Waals surface area contributed by atoms with E-state index in [0.29, 0.717) is 0 Å². The highest BCUT2D eigenvalue weighted by Crippen LogP contribution is 2.28. The average Bonchev–Trinajstić information content (AvgIpc) is 2.03. The van der Waals surface area contributed by atoms with E-state index in [0.717, 1.165) is 6.08 Å². The third-order valence-corrected chi connectivity index (χ3v) is 1.75. The Balaban J connectivity index is 3.76. The van der Waals surface area contributed by atoms with Crippen molar-refractivity contribution in [2.75, 3.05) is 6.61 Å². The third-order valence-electron chi connectivity index (χ3n) is 1.75. The molecule has 0 N–H and O–H groups in total. The van der Waals surface area contributed by atoms with E-state index >= 15 is 0 Å². The highest BCUT2D eigenvalue weighted by Gasteiger charge is 2.29. The number of esters is 1. The van der Waals surface area contributed by atoms with Crippen molar-refractivity contribution >= 4 is 5.97 Å². The molecule has 0 fully saturated rings. The van der Waals surface area contributed by atoms with E-state index in [4.69, 9.17) is 0 Å². The maximum atomic E-state index is 12.3. The zero-order chi connectivity index (χ0) is 10.5. The average molecular weight is 192 g/mol. The first kappa shape index (κ1) is 12.1. The Hall–Kier alpha value is -0.930. The molecule has 0 aromatic rings. The van der Waals surface area contributed by atoms with Gasteiger partial charge >= 0.3 is 5.97 Å². The number of hydrogen-bond donors (Lipinski definition) is 0. The van der Waals surface area contributed by atoms with Crippen LogP contribution in [0.15, 0.2) is 12.7 Å². The highest BCUT2D eigenvalue weighted by atomic mass is 19.3. The molecule has 0 spiro atoms. The van der Waals surface area contributed by atoms with Crippen LogP contribution in [0.4, 0.5) is 8.78 Å². The van der Waals surface area contributed by atoms with E-state index in [1.54, 1.807) is 0 Å². The van der Waals surface area contributed by atoms with E-state index in [1.807, 2.05) is 0 Å². The Morgan fingerprint density at radius 2 is 2.15 bits per heavy atom. The molecule has 0 unspecified atom stereocenters. The van der Waals surface area contributed by atoms with Crippen LogP contribution in [-0.2, 0) is 9.53 Å². The number of hydrogen-bond acceptors (Lipinski definition) is 2. The predicted octanol–water partition coefficient (Wildman–Crippen LogP) is 2.40. The monoisotopic (exact) mass is 192 g/mol. The second-order valence-electron chi connectivity index (χ2n) is 3.41. The fourth-order valence-corrected chi connectivity index (χ4v) is 0.583. The standard InChI is InChI=1S/C9H14F2O2/c1-4-7(12)13-6-5-9(2,3)8(10)11/h4,8H,1,5-6H2,2-3H3. The summed E-state index contributed by atoms with van der Waals surface area (Å²) in [5.41, 5.74) is -1.11. The van der Waals surface area contributed by atoms with Gasteiger partial charge in [0.25, 0.3) is 0 Å². The van der Waals surface area contributed by atoms with Crippen molar-refractivity contribution in [2.45, 2.75) is 26.7 Å². The lowest BCUT2D eigenvalue weighted by Crippen LogP contribution is -2.24. The van der Waals surface area contributed by atoms with Crippen molar-refractivity contribution < 1.29 is 18.3 Å². The molecule has 0 aromatic heterocycles. The summed E-state index contributed by atoms with van der Waals surface area (Å²) in [5.74, 6) is -0.579. The minimum absolute atomic E-state index is 0.00218. The summed E-state index contributed by atoms with van der Waals surface area (Å²) in [6.07, 6.45) is -1.26. The summed E-state index contributed by atoms with van der Waals surface area (Å²) < 4.78 is 29.1. The number of halogens is 2. The first-order valence-electron chi connectivity index (χ1n) is 3.97. The van der Waals surface area contributed by atoms with Crippen molar-refractivity contribution in [2.24, 2.45) is 5.41 Å². The Labute approximate surface area is 76.6 Å². The molecule has 0 saturated carbocycles. The van der Waals surface area contributed by atoms with Gasteiger partial charge in [-0.3, -0.25) is 0 Å². The molecule has 0 aliphatic carbocycles. The zero-order valence-electron chi connectivity index (χ0n) is 7.85. The van der Waals surface area contributed by atoms with Crippen LogP contribution in [0.1, 0.15) is 20.3 Å². The largest absolute Gasteiger partial charge is 0.463 e. The van der Waals surface area contributed by atoms with Gasteiger partial charge in [0.05, 0.1) is 6.61 Å². The van der Waals surface area contributed by atoms with Crippen molar-refractivity contribution in [3.63, 3.8) is 0 Å². The summed E-state index contributed by atoms with van der Waals surface area (Å²) in [5, 5.41) is 0. The molecule has 0 aliphatic heterocycles. The number of ether oxygens (including phenoxy) is 1. The van der Waals surface area contributed by atoms with Gasteiger partial charge in [-0.2, -0.15) is 0 Å². The molecule has 0 aromatic carbocycles. The molecule has 13 heavy (non-hydrogen) atoms. The van der Waals surface area contributed by atoms with Crippen molar-refractivity contribution in [3.8, 4) is 0 Å². The Bertz CT molecular complexity index is 188. The van der Waals surface area contributed by atoms with E-state index in [2.05, 4.69) is 11.3 Å². The number of carbonyl (C=O) groups excluding carboxylic acids is 1. The molecule has 0 atom stereocenters. The summed E-state index contributed by atoms with van der Waals surface area (Å²) in [4.78, 5) is 10.5. The molecule has 0 amide bonds. The lowest BCUT2D eigenvalue weighted by molar-refractivity contribution is -0.139. The molecule has 2 nitrogen and oxygen atoms in total. The van der Waals surface area contributed by atoms with Crippen LogP contribution >= 0.6 is 0 Å². The van der Waals surface area contributed by atoms with Crippen LogP contribution in [0.2, 0.25) is 0 Å². The Kier molecular flexibility index (Phi) is 4.59. The van der Waals surface area contributed by atoms with Crippen molar-refractivity contribution in [1.29, 1.82) is 0 Å². The minimum atomic E-state index is -2.41. The van der Waals surface area contributed by atoms with Gasteiger partial charge < -0.3 is 4.74 Å². The van der Waals surface area contributed by atoms with Gasteiger partial charge in [0.15, 0.2) is 0 Å². The van der Waals surface area contributed by atoms with Crippen LogP contribution in [0.3, 0.4) is 0 Å². The molecule has 0 aliphatic rings. The zero-order valence-corrected chi connectivity index (χ0v) is 7.85. The molecule has 76 valence electrons. The quantitative estimate of drug-likeness (QED) is 0.494. The van der Waals surface area contributed by atoms with Gasteiger partial charge in [0, 0.05) is 11.5 Å². The van der Waals surface area contributed by atoms with Gasteiger partial charge in [-0.15, -0.1) is 0 Å². The maximum absolute atomic E-state index is 12.3. The van der Waals surface area contributed by atoms with Gasteiger partial charge in [-0.25, -0.2) is 13.6 Å². The fourth-order valence-electron chi connectivity index (χ4n) is 0.583. The highest BCUT2D eigenvalue weighted by molar-refractivity contribution is 5.81. The van der Waals surface area contributed by atoms with E-state index in [9.17, 15) is 13.6 Å². The number of rotatable bonds is 5. The van der Waals surface area contributed by atoms with Crippen molar-refractivity contribution in [3.05, 3.63) is 12.7 Å². The van der Waals surface area contributed by atoms with Crippen molar-refractivity contribution in [1.82, 2.24) is 0 Å². The van der Waals surface area contributed by atoms with Crippen LogP contribution in [0.25, 0.3) is 0 Å². The normalized spacial score (nSPS) is 11.5. The fraction of sp³-hybridized carbons (Fsp3) is 0.667. The smallest absolute Gasteiger partial charge is 0.330 e. The summed E-state index contributed by atoms with van der Waals surface area (Å²) >= 11 is 0. The third kappa shape index (κ3) is 4.60.